The molecule has 1 heterocycles. The summed E-state index contributed by atoms with van der Waals surface area (Å²) in [4.78, 5) is 0. The molecular weight excluding hydrogens is 948 g/mol. The van der Waals surface area contributed by atoms with Crippen LogP contribution >= 0.6 is 19.8 Å². The fourth-order valence-electron chi connectivity index (χ4n) is 10.5. The first-order valence-corrected chi connectivity index (χ1v) is 27.0. The fourth-order valence-corrected chi connectivity index (χ4v) is 16.0. The molecule has 69 heavy (non-hydrogen) atoms. The van der Waals surface area contributed by atoms with Gasteiger partial charge in [0.15, 0.2) is 0 Å². The van der Waals surface area contributed by atoms with Crippen LogP contribution in [0.5, 0.6) is 0 Å². The molecule has 0 aliphatic heterocycles. The SMILES string of the molecule is CC1(C)c2cc(-c3ccc4ccccc4c3)ccc2-c2ccc(I(c3ccc(-c4ccc(-c5ccccc5)cc4)cc3)c3ccc(-c4ccc(-c5ccc6c(c5)oc5ccccc56)cc4)cc3)cc21. The Morgan fingerprint density at radius 1 is 0.290 bits per heavy atom. The summed E-state index contributed by atoms with van der Waals surface area (Å²) in [5, 5.41) is 4.85. The van der Waals surface area contributed by atoms with Crippen molar-refractivity contribution in [2.75, 3.05) is 0 Å². The van der Waals surface area contributed by atoms with Crippen molar-refractivity contribution < 1.29 is 4.42 Å². The normalized spacial score (nSPS) is 12.9. The van der Waals surface area contributed by atoms with Gasteiger partial charge in [-0.2, -0.15) is 0 Å². The first-order chi connectivity index (χ1) is 33.9. The van der Waals surface area contributed by atoms with E-state index in [1.807, 2.05) is 12.1 Å². The van der Waals surface area contributed by atoms with Crippen molar-refractivity contribution in [2.45, 2.75) is 19.3 Å². The van der Waals surface area contributed by atoms with E-state index in [1.54, 1.807) is 0 Å². The zero-order chi connectivity index (χ0) is 46.1. The van der Waals surface area contributed by atoms with Crippen molar-refractivity contribution >= 4 is 52.5 Å². The molecule has 0 spiro atoms. The number of halogens is 1. The monoisotopic (exact) mass is 994 g/mol. The first-order valence-electron chi connectivity index (χ1n) is 23.8. The van der Waals surface area contributed by atoms with Crippen molar-refractivity contribution in [1.29, 1.82) is 0 Å². The molecular formula is C67H47IO. The van der Waals surface area contributed by atoms with Crippen LogP contribution in [0.4, 0.5) is 0 Å². The number of benzene rings is 11. The number of rotatable bonds is 8. The molecule has 0 N–H and O–H groups in total. The van der Waals surface area contributed by atoms with Crippen LogP contribution in [0.2, 0.25) is 0 Å². The Balaban J connectivity index is 0.838. The molecule has 0 unspecified atom stereocenters. The molecule has 0 amide bonds. The van der Waals surface area contributed by atoms with Crippen molar-refractivity contribution in [2.24, 2.45) is 0 Å². The van der Waals surface area contributed by atoms with Gasteiger partial charge in [0.1, 0.15) is 5.58 Å². The van der Waals surface area contributed by atoms with Gasteiger partial charge < -0.3 is 0 Å². The van der Waals surface area contributed by atoms with Crippen molar-refractivity contribution in [3.05, 3.63) is 271 Å². The number of hydrogen-bond donors (Lipinski definition) is 0. The van der Waals surface area contributed by atoms with Gasteiger partial charge in [0.2, 0.25) is 0 Å². The molecule has 12 aromatic rings. The second-order valence-corrected chi connectivity index (χ2v) is 24.1. The van der Waals surface area contributed by atoms with E-state index >= 15 is 0 Å². The summed E-state index contributed by atoms with van der Waals surface area (Å²) < 4.78 is 10.5. The van der Waals surface area contributed by atoms with Crippen LogP contribution in [0.15, 0.2) is 253 Å². The van der Waals surface area contributed by atoms with E-state index in [2.05, 4.69) is 250 Å². The van der Waals surface area contributed by atoms with Gasteiger partial charge in [-0.05, 0) is 6.07 Å². The van der Waals surface area contributed by atoms with Crippen molar-refractivity contribution in [3.8, 4) is 66.8 Å². The molecule has 0 radical (unpaired) electrons. The Morgan fingerprint density at radius 2 is 0.710 bits per heavy atom. The molecule has 0 fully saturated rings. The van der Waals surface area contributed by atoms with Crippen LogP contribution in [0.25, 0.3) is 99.5 Å². The van der Waals surface area contributed by atoms with Gasteiger partial charge in [0.25, 0.3) is 0 Å². The zero-order valence-corrected chi connectivity index (χ0v) is 40.6. The Hall–Kier alpha value is -7.79. The average molecular weight is 995 g/mol. The van der Waals surface area contributed by atoms with Gasteiger partial charge in [0, 0.05) is 5.39 Å². The van der Waals surface area contributed by atoms with Gasteiger partial charge in [-0.25, -0.2) is 0 Å². The van der Waals surface area contributed by atoms with Gasteiger partial charge in [0.05, 0.1) is 0 Å². The summed E-state index contributed by atoms with van der Waals surface area (Å²) in [6.45, 7) is 4.83. The van der Waals surface area contributed by atoms with E-state index in [1.165, 1.54) is 93.8 Å². The Morgan fingerprint density at radius 3 is 1.36 bits per heavy atom. The molecule has 328 valence electrons. The number of hydrogen-bond acceptors (Lipinski definition) is 1. The summed E-state index contributed by atoms with van der Waals surface area (Å²) in [6, 6.07) is 92.4. The van der Waals surface area contributed by atoms with Gasteiger partial charge in [-0.1, -0.05) is 24.3 Å². The molecule has 1 aliphatic rings. The third-order valence-corrected chi connectivity index (χ3v) is 20.2. The quantitative estimate of drug-likeness (QED) is 0.138. The molecule has 1 aromatic heterocycles. The van der Waals surface area contributed by atoms with Crippen LogP contribution in [0.1, 0.15) is 25.0 Å². The van der Waals surface area contributed by atoms with Crippen LogP contribution < -0.4 is 0 Å². The maximum absolute atomic E-state index is 6.23. The van der Waals surface area contributed by atoms with Crippen molar-refractivity contribution in [1.82, 2.24) is 0 Å². The molecule has 0 atom stereocenters. The third-order valence-electron chi connectivity index (χ3n) is 14.3. The predicted molar refractivity (Wildman–Crippen MR) is 299 cm³/mol. The third kappa shape index (κ3) is 7.38. The summed E-state index contributed by atoms with van der Waals surface area (Å²) in [7, 11) is 0. The summed E-state index contributed by atoms with van der Waals surface area (Å²) in [6.07, 6.45) is 0. The molecule has 1 aliphatic carbocycles. The summed E-state index contributed by atoms with van der Waals surface area (Å²) >= 11 is -2.20. The minimum absolute atomic E-state index is 0.154. The Bertz CT molecular complexity index is 3880. The van der Waals surface area contributed by atoms with Crippen LogP contribution in [0.3, 0.4) is 0 Å². The number of fused-ring (bicyclic) bond motifs is 7. The number of furan rings is 1. The van der Waals surface area contributed by atoms with Gasteiger partial charge in [-0.15, -0.1) is 0 Å². The standard InChI is InChI=1S/C67H47IO/c1-67(2)63-41-54(53-25-24-45-12-6-7-13-52(45)40-53)30-37-59(63)60-39-36-58(43-64(60)67)68(56-32-26-49(27-33-56)47-18-16-46(17-19-47)44-10-4-3-5-11-44)57-34-28-50(29-35-57)48-20-22-51(23-21-48)55-31-38-62-61-14-8-9-15-65(61)69-66(62)42-55/h3-43H,1-2H3. The maximum atomic E-state index is 6.23. The fraction of sp³-hybridized carbons (Fsp3) is 0.0448. The predicted octanol–water partition coefficient (Wildman–Crippen LogP) is 18.8. The first kappa shape index (κ1) is 41.4. The Kier molecular flexibility index (Phi) is 10.1. The van der Waals surface area contributed by atoms with E-state index in [9.17, 15) is 0 Å². The van der Waals surface area contributed by atoms with Crippen LogP contribution in [0, 0.1) is 10.7 Å². The van der Waals surface area contributed by atoms with Gasteiger partial charge in [-0.3, -0.25) is 0 Å². The van der Waals surface area contributed by atoms with E-state index in [-0.39, 0.29) is 5.41 Å². The van der Waals surface area contributed by atoms with E-state index in [4.69, 9.17) is 4.42 Å². The van der Waals surface area contributed by atoms with E-state index in [0.717, 1.165) is 27.5 Å². The molecule has 11 aromatic carbocycles. The van der Waals surface area contributed by atoms with Crippen molar-refractivity contribution in [3.63, 3.8) is 0 Å². The molecule has 2 heteroatoms. The van der Waals surface area contributed by atoms with E-state index in [0.29, 0.717) is 0 Å². The van der Waals surface area contributed by atoms with Crippen LogP contribution in [-0.2, 0) is 5.41 Å². The van der Waals surface area contributed by atoms with Crippen LogP contribution in [-0.4, -0.2) is 0 Å². The molecule has 0 saturated heterocycles. The summed E-state index contributed by atoms with van der Waals surface area (Å²) in [5.74, 6) is 0. The number of para-hydroxylation sites is 1. The second kappa shape index (κ2) is 16.8. The second-order valence-electron chi connectivity index (χ2n) is 18.8. The zero-order valence-electron chi connectivity index (χ0n) is 38.5. The molecule has 0 saturated carbocycles. The molecule has 0 bridgehead atoms. The molecule has 13 rings (SSSR count). The van der Waals surface area contributed by atoms with E-state index < -0.39 is 19.8 Å². The van der Waals surface area contributed by atoms with Gasteiger partial charge >= 0.3 is 372 Å². The molecule has 1 nitrogen and oxygen atoms in total. The average Bonchev–Trinajstić information content (AvgIpc) is 3.90. The minimum atomic E-state index is -2.20. The Labute approximate surface area is 410 Å². The summed E-state index contributed by atoms with van der Waals surface area (Å²) in [5.41, 5.74) is 19.4. The topological polar surface area (TPSA) is 13.1 Å².